The first-order chi connectivity index (χ1) is 5.48. The van der Waals surface area contributed by atoms with Gasteiger partial charge in [-0.25, -0.2) is 0 Å². The van der Waals surface area contributed by atoms with Gasteiger partial charge in [-0.1, -0.05) is 23.2 Å². The average molecular weight is 208 g/mol. The minimum Gasteiger partial charge on any atom is -0.353 e. The van der Waals surface area contributed by atoms with Crippen molar-refractivity contribution < 1.29 is 4.79 Å². The summed E-state index contributed by atoms with van der Waals surface area (Å²) in [6.45, 7) is 3.65. The van der Waals surface area contributed by atoms with Crippen LogP contribution in [0, 0.1) is 11.8 Å². The van der Waals surface area contributed by atoms with Crippen molar-refractivity contribution in [3.8, 4) is 11.8 Å². The normalized spacial score (nSPS) is 10.0. The maximum Gasteiger partial charge on any atom is 0.256 e. The summed E-state index contributed by atoms with van der Waals surface area (Å²) in [6.07, 6.45) is 0.617. The molecule has 0 aliphatic heterocycles. The van der Waals surface area contributed by atoms with Gasteiger partial charge in [-0.2, -0.15) is 0 Å². The summed E-state index contributed by atoms with van der Waals surface area (Å²) in [6, 6.07) is 0. The zero-order valence-electron chi connectivity index (χ0n) is 7.08. The van der Waals surface area contributed by atoms with Gasteiger partial charge in [-0.05, 0) is 13.8 Å². The summed E-state index contributed by atoms with van der Waals surface area (Å²) in [7, 11) is 0. The van der Waals surface area contributed by atoms with Crippen molar-refractivity contribution in [2.75, 3.05) is 6.54 Å². The lowest BCUT2D eigenvalue weighted by molar-refractivity contribution is -0.121. The first kappa shape index (κ1) is 11.6. The van der Waals surface area contributed by atoms with Gasteiger partial charge in [0.05, 0.1) is 0 Å². The Morgan fingerprint density at radius 2 is 2.17 bits per heavy atom. The van der Waals surface area contributed by atoms with Gasteiger partial charge in [0.15, 0.2) is 4.33 Å². The fraction of sp³-hybridized carbons (Fsp3) is 0.625. The van der Waals surface area contributed by atoms with Crippen LogP contribution >= 0.6 is 23.2 Å². The molecule has 0 aromatic heterocycles. The first-order valence-electron chi connectivity index (χ1n) is 3.54. The average Bonchev–Trinajstić information content (AvgIpc) is 1.96. The minimum atomic E-state index is -1.35. The van der Waals surface area contributed by atoms with E-state index in [-0.39, 0.29) is 5.91 Å². The first-order valence-corrected chi connectivity index (χ1v) is 4.30. The van der Waals surface area contributed by atoms with Crippen molar-refractivity contribution >= 4 is 29.1 Å². The zero-order chi connectivity index (χ0) is 9.61. The van der Waals surface area contributed by atoms with E-state index in [9.17, 15) is 4.79 Å². The fourth-order valence-corrected chi connectivity index (χ4v) is 0.652. The van der Waals surface area contributed by atoms with Crippen LogP contribution in [0.15, 0.2) is 0 Å². The third-order valence-corrected chi connectivity index (χ3v) is 1.45. The number of rotatable bonds is 3. The molecule has 0 radical (unpaired) electrons. The van der Waals surface area contributed by atoms with Crippen LogP contribution in [-0.4, -0.2) is 16.8 Å². The van der Waals surface area contributed by atoms with E-state index < -0.39 is 4.33 Å². The maximum atomic E-state index is 11.0. The van der Waals surface area contributed by atoms with Crippen molar-refractivity contribution in [2.24, 2.45) is 0 Å². The minimum absolute atomic E-state index is 0.385. The zero-order valence-corrected chi connectivity index (χ0v) is 8.59. The van der Waals surface area contributed by atoms with Crippen molar-refractivity contribution in [3.63, 3.8) is 0 Å². The highest BCUT2D eigenvalue weighted by Crippen LogP contribution is 2.18. The highest BCUT2D eigenvalue weighted by Gasteiger charge is 2.26. The molecule has 0 heterocycles. The summed E-state index contributed by atoms with van der Waals surface area (Å²) in [4.78, 5) is 11.0. The molecule has 0 aromatic rings. The van der Waals surface area contributed by atoms with Gasteiger partial charge in [0, 0.05) is 13.0 Å². The Balaban J connectivity index is 3.63. The third-order valence-electron chi connectivity index (χ3n) is 1.11. The number of carbonyl (C=O) groups excluding carboxylic acids is 1. The molecule has 0 aliphatic carbocycles. The summed E-state index contributed by atoms with van der Waals surface area (Å²) < 4.78 is -1.35. The second-order valence-corrected chi connectivity index (χ2v) is 4.03. The molecule has 0 aromatic carbocycles. The summed E-state index contributed by atoms with van der Waals surface area (Å²) in [5, 5.41) is 2.55. The smallest absolute Gasteiger partial charge is 0.256 e. The molecule has 0 aliphatic rings. The molecule has 0 rings (SSSR count). The van der Waals surface area contributed by atoms with Gasteiger partial charge in [0.25, 0.3) is 5.91 Å². The predicted octanol–water partition coefficient (Wildman–Crippen LogP) is 1.71. The lowest BCUT2D eigenvalue weighted by Crippen LogP contribution is -2.36. The van der Waals surface area contributed by atoms with E-state index >= 15 is 0 Å². The lowest BCUT2D eigenvalue weighted by atomic mass is 10.4. The molecule has 0 bridgehead atoms. The van der Waals surface area contributed by atoms with Gasteiger partial charge in [-0.15, -0.1) is 11.8 Å². The Kier molecular flexibility index (Phi) is 5.12. The summed E-state index contributed by atoms with van der Waals surface area (Å²) in [5.41, 5.74) is 0. The van der Waals surface area contributed by atoms with E-state index in [1.807, 2.05) is 0 Å². The van der Waals surface area contributed by atoms with Gasteiger partial charge < -0.3 is 5.32 Å². The molecule has 0 atom stereocenters. The molecule has 1 N–H and O–H groups in total. The van der Waals surface area contributed by atoms with Crippen molar-refractivity contribution in [3.05, 3.63) is 0 Å². The standard InChI is InChI=1S/C8H11Cl2NO/c1-3-4-5-6-11-7(12)8(2,9)10/h5-6H2,1-2H3,(H,11,12). The molecule has 0 saturated heterocycles. The van der Waals surface area contributed by atoms with Gasteiger partial charge >= 0.3 is 0 Å². The van der Waals surface area contributed by atoms with Crippen LogP contribution in [0.1, 0.15) is 20.3 Å². The molecule has 0 unspecified atom stereocenters. The second-order valence-electron chi connectivity index (χ2n) is 2.32. The summed E-state index contributed by atoms with van der Waals surface area (Å²) in [5.74, 6) is 5.13. The van der Waals surface area contributed by atoms with Crippen LogP contribution in [0.4, 0.5) is 0 Å². The fourth-order valence-electron chi connectivity index (χ4n) is 0.519. The highest BCUT2D eigenvalue weighted by molar-refractivity contribution is 6.57. The molecule has 2 nitrogen and oxygen atoms in total. The second kappa shape index (κ2) is 5.29. The van der Waals surface area contributed by atoms with Gasteiger partial charge in [0.1, 0.15) is 0 Å². The van der Waals surface area contributed by atoms with E-state index in [4.69, 9.17) is 23.2 Å². The Bertz CT molecular complexity index is 209. The van der Waals surface area contributed by atoms with Crippen LogP contribution in [0.2, 0.25) is 0 Å². The van der Waals surface area contributed by atoms with E-state index in [2.05, 4.69) is 17.2 Å². The Morgan fingerprint density at radius 3 is 2.58 bits per heavy atom. The third kappa shape index (κ3) is 5.29. The Morgan fingerprint density at radius 1 is 1.58 bits per heavy atom. The highest BCUT2D eigenvalue weighted by atomic mass is 35.5. The van der Waals surface area contributed by atoms with Crippen LogP contribution in [0.25, 0.3) is 0 Å². The van der Waals surface area contributed by atoms with Crippen molar-refractivity contribution in [1.82, 2.24) is 5.32 Å². The number of hydrogen-bond donors (Lipinski definition) is 1. The number of alkyl halides is 2. The lowest BCUT2D eigenvalue weighted by Gasteiger charge is -2.11. The van der Waals surface area contributed by atoms with E-state index in [1.165, 1.54) is 6.92 Å². The number of carbonyl (C=O) groups is 1. The summed E-state index contributed by atoms with van der Waals surface area (Å²) >= 11 is 11.0. The number of nitrogens with one attached hydrogen (secondary N) is 1. The SMILES string of the molecule is CC#CCCNC(=O)C(C)(Cl)Cl. The largest absolute Gasteiger partial charge is 0.353 e. The molecule has 1 amide bonds. The van der Waals surface area contributed by atoms with Gasteiger partial charge in [0.2, 0.25) is 0 Å². The molecule has 0 fully saturated rings. The molecule has 68 valence electrons. The van der Waals surface area contributed by atoms with Crippen molar-refractivity contribution in [1.29, 1.82) is 0 Å². The Hall–Kier alpha value is -0.390. The van der Waals surface area contributed by atoms with Crippen LogP contribution < -0.4 is 5.32 Å². The van der Waals surface area contributed by atoms with Crippen LogP contribution in [0.3, 0.4) is 0 Å². The topological polar surface area (TPSA) is 29.1 Å². The molecule has 12 heavy (non-hydrogen) atoms. The van der Waals surface area contributed by atoms with E-state index in [0.29, 0.717) is 13.0 Å². The molecule has 4 heteroatoms. The molecule has 0 saturated carbocycles. The molecular weight excluding hydrogens is 197 g/mol. The van der Waals surface area contributed by atoms with E-state index in [0.717, 1.165) is 0 Å². The monoisotopic (exact) mass is 207 g/mol. The van der Waals surface area contributed by atoms with Crippen LogP contribution in [-0.2, 0) is 4.79 Å². The molecule has 0 spiro atoms. The predicted molar refractivity (Wildman–Crippen MR) is 51.2 cm³/mol. The quantitative estimate of drug-likeness (QED) is 0.427. The number of halogens is 2. The van der Waals surface area contributed by atoms with Gasteiger partial charge in [-0.3, -0.25) is 4.79 Å². The maximum absolute atomic E-state index is 11.0. The number of hydrogen-bond acceptors (Lipinski definition) is 1. The van der Waals surface area contributed by atoms with Crippen molar-refractivity contribution in [2.45, 2.75) is 24.6 Å². The number of amides is 1. The Labute approximate surface area is 82.6 Å². The van der Waals surface area contributed by atoms with E-state index in [1.54, 1.807) is 6.92 Å². The molecular formula is C8H11Cl2NO. The van der Waals surface area contributed by atoms with Crippen LogP contribution in [0.5, 0.6) is 0 Å².